The molecular weight excluding hydrogens is 277 g/mol. The number of nitrogen functional groups attached to an aromatic ring is 1. The van der Waals surface area contributed by atoms with Gasteiger partial charge < -0.3 is 20.8 Å². The SMILES string of the molecule is CC1(C)OB(C(=Cc2ccc(C#N)c(N)c2)CN)OC1(C)C. The van der Waals surface area contributed by atoms with Crippen LogP contribution in [-0.4, -0.2) is 24.9 Å². The summed E-state index contributed by atoms with van der Waals surface area (Å²) < 4.78 is 12.0. The van der Waals surface area contributed by atoms with Crippen molar-refractivity contribution in [1.29, 1.82) is 5.26 Å². The maximum Gasteiger partial charge on any atom is 0.491 e. The first-order valence-electron chi connectivity index (χ1n) is 7.26. The smallest absolute Gasteiger partial charge is 0.400 e. The molecule has 1 aromatic carbocycles. The molecule has 5 nitrogen and oxygen atoms in total. The molecule has 0 radical (unpaired) electrons. The Morgan fingerprint density at radius 2 is 1.86 bits per heavy atom. The molecule has 6 heteroatoms. The van der Waals surface area contributed by atoms with Crippen LogP contribution in [-0.2, 0) is 9.31 Å². The van der Waals surface area contributed by atoms with Crippen LogP contribution in [0.1, 0.15) is 38.8 Å². The van der Waals surface area contributed by atoms with Crippen molar-refractivity contribution in [3.05, 3.63) is 34.8 Å². The van der Waals surface area contributed by atoms with Crippen molar-refractivity contribution < 1.29 is 9.31 Å². The molecule has 1 aromatic rings. The monoisotopic (exact) mass is 299 g/mol. The van der Waals surface area contributed by atoms with E-state index in [1.54, 1.807) is 12.1 Å². The van der Waals surface area contributed by atoms with Gasteiger partial charge in [0.25, 0.3) is 0 Å². The van der Waals surface area contributed by atoms with E-state index in [2.05, 4.69) is 0 Å². The minimum atomic E-state index is -0.480. The summed E-state index contributed by atoms with van der Waals surface area (Å²) in [5, 5.41) is 8.92. The summed E-state index contributed by atoms with van der Waals surface area (Å²) >= 11 is 0. The molecule has 1 aliphatic rings. The van der Waals surface area contributed by atoms with Crippen molar-refractivity contribution in [2.24, 2.45) is 5.73 Å². The van der Waals surface area contributed by atoms with E-state index in [-0.39, 0.29) is 0 Å². The van der Waals surface area contributed by atoms with Gasteiger partial charge >= 0.3 is 7.12 Å². The molecule has 0 bridgehead atoms. The van der Waals surface area contributed by atoms with Crippen LogP contribution >= 0.6 is 0 Å². The Bertz CT molecular complexity index is 631. The molecule has 1 heterocycles. The predicted octanol–water partition coefficient (Wildman–Crippen LogP) is 2.11. The Morgan fingerprint density at radius 1 is 1.27 bits per heavy atom. The van der Waals surface area contributed by atoms with Crippen molar-refractivity contribution in [3.8, 4) is 6.07 Å². The third-order valence-corrected chi connectivity index (χ3v) is 4.34. The summed E-state index contributed by atoms with van der Waals surface area (Å²) in [6.07, 6.45) is 1.90. The highest BCUT2D eigenvalue weighted by Gasteiger charge is 2.52. The van der Waals surface area contributed by atoms with Crippen molar-refractivity contribution in [2.45, 2.75) is 38.9 Å². The molecule has 2 rings (SSSR count). The van der Waals surface area contributed by atoms with E-state index in [0.717, 1.165) is 11.0 Å². The quantitative estimate of drug-likeness (QED) is 0.658. The third kappa shape index (κ3) is 3.02. The van der Waals surface area contributed by atoms with Crippen LogP contribution < -0.4 is 11.5 Å². The van der Waals surface area contributed by atoms with E-state index < -0.39 is 18.3 Å². The maximum absolute atomic E-state index is 8.92. The second-order valence-corrected chi connectivity index (χ2v) is 6.47. The van der Waals surface area contributed by atoms with E-state index in [1.165, 1.54) is 0 Å². The van der Waals surface area contributed by atoms with E-state index in [9.17, 15) is 0 Å². The lowest BCUT2D eigenvalue weighted by Gasteiger charge is -2.32. The van der Waals surface area contributed by atoms with Gasteiger partial charge in [0.05, 0.1) is 22.5 Å². The summed E-state index contributed by atoms with van der Waals surface area (Å²) in [5.74, 6) is 0. The summed E-state index contributed by atoms with van der Waals surface area (Å²) in [5.41, 5.74) is 13.5. The van der Waals surface area contributed by atoms with E-state index in [1.807, 2.05) is 45.9 Å². The zero-order valence-corrected chi connectivity index (χ0v) is 13.5. The number of hydrogen-bond acceptors (Lipinski definition) is 5. The zero-order chi connectivity index (χ0) is 16.5. The average Bonchev–Trinajstić information content (AvgIpc) is 2.65. The molecule has 22 heavy (non-hydrogen) atoms. The van der Waals surface area contributed by atoms with Crippen LogP contribution in [0, 0.1) is 11.3 Å². The zero-order valence-electron chi connectivity index (χ0n) is 13.5. The summed E-state index contributed by atoms with van der Waals surface area (Å²) in [7, 11) is -0.480. The van der Waals surface area contributed by atoms with Crippen molar-refractivity contribution in [1.82, 2.24) is 0 Å². The Labute approximate surface area is 132 Å². The summed E-state index contributed by atoms with van der Waals surface area (Å²) in [6.45, 7) is 8.32. The maximum atomic E-state index is 8.92. The second kappa shape index (κ2) is 5.77. The van der Waals surface area contributed by atoms with Gasteiger partial charge in [0.2, 0.25) is 0 Å². The molecule has 1 aliphatic heterocycles. The molecule has 1 fully saturated rings. The number of benzene rings is 1. The van der Waals surface area contributed by atoms with Gasteiger partial charge in [-0.25, -0.2) is 0 Å². The molecule has 0 atom stereocenters. The van der Waals surface area contributed by atoms with Crippen LogP contribution in [0.5, 0.6) is 0 Å². The first-order chi connectivity index (χ1) is 10.2. The molecule has 0 amide bonds. The lowest BCUT2D eigenvalue weighted by Crippen LogP contribution is -2.41. The molecule has 116 valence electrons. The third-order valence-electron chi connectivity index (χ3n) is 4.34. The van der Waals surface area contributed by atoms with Crippen LogP contribution in [0.25, 0.3) is 6.08 Å². The van der Waals surface area contributed by atoms with Crippen molar-refractivity contribution in [3.63, 3.8) is 0 Å². The first kappa shape index (κ1) is 16.6. The number of nitriles is 1. The Balaban J connectivity index is 2.30. The standard InChI is InChI=1S/C16H22BN3O2/c1-15(2)16(3,4)22-17(21-15)13(10-19)7-11-5-6-12(9-18)14(20)8-11/h5-8H,10,19-20H2,1-4H3. The van der Waals surface area contributed by atoms with E-state index in [4.69, 9.17) is 26.0 Å². The van der Waals surface area contributed by atoms with Gasteiger partial charge in [-0.1, -0.05) is 12.1 Å². The molecule has 1 saturated heterocycles. The largest absolute Gasteiger partial charge is 0.491 e. The highest BCUT2D eigenvalue weighted by atomic mass is 16.7. The van der Waals surface area contributed by atoms with Crippen LogP contribution in [0.15, 0.2) is 23.7 Å². The first-order valence-corrected chi connectivity index (χ1v) is 7.26. The average molecular weight is 299 g/mol. The van der Waals surface area contributed by atoms with Crippen LogP contribution in [0.3, 0.4) is 0 Å². The van der Waals surface area contributed by atoms with E-state index in [0.29, 0.717) is 17.8 Å². The van der Waals surface area contributed by atoms with Crippen molar-refractivity contribution in [2.75, 3.05) is 12.3 Å². The number of nitrogens with zero attached hydrogens (tertiary/aromatic N) is 1. The fourth-order valence-corrected chi connectivity index (χ4v) is 2.20. The van der Waals surface area contributed by atoms with Crippen LogP contribution in [0.4, 0.5) is 5.69 Å². The van der Waals surface area contributed by atoms with Gasteiger partial charge in [-0.2, -0.15) is 5.26 Å². The lowest BCUT2D eigenvalue weighted by atomic mass is 9.77. The number of hydrogen-bond donors (Lipinski definition) is 2. The highest BCUT2D eigenvalue weighted by Crippen LogP contribution is 2.38. The number of nitrogens with two attached hydrogens (primary N) is 2. The minimum absolute atomic E-state index is 0.316. The van der Waals surface area contributed by atoms with Gasteiger partial charge in [-0.05, 0) is 50.9 Å². The van der Waals surface area contributed by atoms with Gasteiger partial charge in [0.1, 0.15) is 6.07 Å². The Kier molecular flexibility index (Phi) is 4.34. The van der Waals surface area contributed by atoms with Crippen LogP contribution in [0.2, 0.25) is 0 Å². The molecule has 0 saturated carbocycles. The van der Waals surface area contributed by atoms with Crippen molar-refractivity contribution >= 4 is 18.9 Å². The molecule has 0 spiro atoms. The Hall–Kier alpha value is -1.81. The normalized spacial score (nSPS) is 20.0. The predicted molar refractivity (Wildman–Crippen MR) is 88.7 cm³/mol. The topological polar surface area (TPSA) is 94.3 Å². The summed E-state index contributed by atoms with van der Waals surface area (Å²) in [6, 6.07) is 7.32. The Morgan fingerprint density at radius 3 is 2.32 bits per heavy atom. The van der Waals surface area contributed by atoms with Gasteiger partial charge in [-0.3, -0.25) is 0 Å². The number of anilines is 1. The number of rotatable bonds is 3. The fourth-order valence-electron chi connectivity index (χ4n) is 2.20. The van der Waals surface area contributed by atoms with Gasteiger partial charge in [0.15, 0.2) is 0 Å². The molecular formula is C16H22BN3O2. The van der Waals surface area contributed by atoms with Gasteiger partial charge in [0, 0.05) is 6.54 Å². The summed E-state index contributed by atoms with van der Waals surface area (Å²) in [4.78, 5) is 0. The second-order valence-electron chi connectivity index (χ2n) is 6.47. The molecule has 0 aromatic heterocycles. The van der Waals surface area contributed by atoms with E-state index >= 15 is 0 Å². The fraction of sp³-hybridized carbons (Fsp3) is 0.438. The minimum Gasteiger partial charge on any atom is -0.400 e. The molecule has 4 N–H and O–H groups in total. The van der Waals surface area contributed by atoms with Gasteiger partial charge in [-0.15, -0.1) is 0 Å². The molecule has 0 unspecified atom stereocenters. The highest BCUT2D eigenvalue weighted by molar-refractivity contribution is 6.55. The lowest BCUT2D eigenvalue weighted by molar-refractivity contribution is 0.00578. The molecule has 0 aliphatic carbocycles.